The summed E-state index contributed by atoms with van der Waals surface area (Å²) in [5, 5.41) is 8.43. The molecule has 114 valence electrons. The predicted octanol–water partition coefficient (Wildman–Crippen LogP) is 3.95. The van der Waals surface area contributed by atoms with Crippen LogP contribution in [0.4, 0.5) is 4.39 Å². The molecule has 0 atom stereocenters. The molecule has 7 heteroatoms. The normalized spacial score (nSPS) is 10.8. The summed E-state index contributed by atoms with van der Waals surface area (Å²) in [6.07, 6.45) is 1.58. The van der Waals surface area contributed by atoms with Crippen LogP contribution in [0.2, 0.25) is 0 Å². The van der Waals surface area contributed by atoms with Gasteiger partial charge in [-0.3, -0.25) is 0 Å². The Morgan fingerprint density at radius 2 is 2.00 bits per heavy atom. The molecule has 0 spiro atoms. The Morgan fingerprint density at radius 1 is 1.18 bits per heavy atom. The molecule has 3 rings (SSSR count). The first-order valence-corrected chi connectivity index (χ1v) is 7.60. The molecule has 2 aromatic heterocycles. The van der Waals surface area contributed by atoms with Crippen LogP contribution in [0.3, 0.4) is 0 Å². The molecule has 0 saturated carbocycles. The van der Waals surface area contributed by atoms with E-state index < -0.39 is 0 Å². The Kier molecular flexibility index (Phi) is 4.43. The molecule has 0 unspecified atom stereocenters. The average molecular weight is 320 g/mol. The fourth-order valence-corrected chi connectivity index (χ4v) is 2.38. The van der Waals surface area contributed by atoms with Crippen molar-refractivity contribution < 1.29 is 18.0 Å². The molecule has 2 heterocycles. The summed E-state index contributed by atoms with van der Waals surface area (Å²) >= 11 is 1.40. The monoisotopic (exact) mass is 320 g/mol. The lowest BCUT2D eigenvalue weighted by Crippen LogP contribution is -1.99. The third-order valence-electron chi connectivity index (χ3n) is 2.89. The van der Waals surface area contributed by atoms with Gasteiger partial charge in [-0.15, -0.1) is 10.2 Å². The Bertz CT molecular complexity index is 739. The number of furan rings is 1. The van der Waals surface area contributed by atoms with Gasteiger partial charge < -0.3 is 13.6 Å². The number of nitrogens with zero attached hydrogens (tertiary/aromatic N) is 2. The minimum absolute atomic E-state index is 0.283. The van der Waals surface area contributed by atoms with E-state index in [9.17, 15) is 4.39 Å². The highest BCUT2D eigenvalue weighted by Gasteiger charge is 2.13. The molecule has 22 heavy (non-hydrogen) atoms. The molecule has 0 amide bonds. The topological polar surface area (TPSA) is 61.3 Å². The van der Waals surface area contributed by atoms with E-state index in [1.165, 1.54) is 23.9 Å². The fraction of sp³-hybridized carbons (Fsp3) is 0.200. The van der Waals surface area contributed by atoms with E-state index in [1.54, 1.807) is 24.5 Å². The van der Waals surface area contributed by atoms with Gasteiger partial charge in [-0.1, -0.05) is 11.8 Å². The maximum Gasteiger partial charge on any atom is 0.276 e. The zero-order chi connectivity index (χ0) is 15.4. The molecule has 0 bridgehead atoms. The van der Waals surface area contributed by atoms with Crippen molar-refractivity contribution in [3.8, 4) is 17.2 Å². The lowest BCUT2D eigenvalue weighted by atomic mass is 10.3. The molecular weight excluding hydrogens is 307 g/mol. The molecular formula is C15H13FN2O3S. The van der Waals surface area contributed by atoms with Crippen LogP contribution in [0.1, 0.15) is 5.76 Å². The standard InChI is InChI=1S/C15H13FN2O3S/c1-10-13(6-7-19-10)14-17-18-15(21-14)22-9-8-20-12-4-2-11(16)3-5-12/h2-7H,8-9H2,1H3. The fourth-order valence-electron chi connectivity index (χ4n) is 1.80. The van der Waals surface area contributed by atoms with Crippen molar-refractivity contribution >= 4 is 11.8 Å². The molecule has 0 aliphatic carbocycles. The molecule has 0 saturated heterocycles. The SMILES string of the molecule is Cc1occc1-c1nnc(SCCOc2ccc(F)cc2)o1. The Morgan fingerprint density at radius 3 is 2.73 bits per heavy atom. The van der Waals surface area contributed by atoms with Crippen molar-refractivity contribution in [1.29, 1.82) is 0 Å². The highest BCUT2D eigenvalue weighted by molar-refractivity contribution is 7.99. The van der Waals surface area contributed by atoms with Gasteiger partial charge in [0.1, 0.15) is 17.3 Å². The van der Waals surface area contributed by atoms with Gasteiger partial charge in [0.2, 0.25) is 0 Å². The third-order valence-corrected chi connectivity index (χ3v) is 3.67. The number of halogens is 1. The molecule has 0 N–H and O–H groups in total. The maximum absolute atomic E-state index is 12.7. The number of benzene rings is 1. The van der Waals surface area contributed by atoms with Crippen molar-refractivity contribution in [1.82, 2.24) is 10.2 Å². The number of rotatable bonds is 6. The second-order valence-electron chi connectivity index (χ2n) is 4.41. The van der Waals surface area contributed by atoms with Crippen molar-refractivity contribution in [2.24, 2.45) is 0 Å². The molecule has 5 nitrogen and oxygen atoms in total. The van der Waals surface area contributed by atoms with Gasteiger partial charge in [0, 0.05) is 5.75 Å². The lowest BCUT2D eigenvalue weighted by Gasteiger charge is -2.04. The highest BCUT2D eigenvalue weighted by atomic mass is 32.2. The van der Waals surface area contributed by atoms with Crippen LogP contribution in [0.15, 0.2) is 50.7 Å². The average Bonchev–Trinajstić information content (AvgIpc) is 3.14. The molecule has 0 aliphatic rings. The quantitative estimate of drug-likeness (QED) is 0.506. The Labute approximate surface area is 130 Å². The molecule has 0 fully saturated rings. The summed E-state index contributed by atoms with van der Waals surface area (Å²) in [7, 11) is 0. The number of hydrogen-bond donors (Lipinski definition) is 0. The minimum atomic E-state index is -0.283. The summed E-state index contributed by atoms with van der Waals surface area (Å²) in [5.74, 6) is 2.16. The largest absolute Gasteiger partial charge is 0.493 e. The summed E-state index contributed by atoms with van der Waals surface area (Å²) in [4.78, 5) is 0. The molecule has 1 aromatic carbocycles. The van der Waals surface area contributed by atoms with Crippen molar-refractivity contribution in [2.45, 2.75) is 12.1 Å². The number of thioether (sulfide) groups is 1. The maximum atomic E-state index is 12.7. The number of ether oxygens (including phenoxy) is 1. The first-order chi connectivity index (χ1) is 10.7. The number of aromatic nitrogens is 2. The predicted molar refractivity (Wildman–Crippen MR) is 79.4 cm³/mol. The Hall–Kier alpha value is -2.28. The molecule has 0 aliphatic heterocycles. The van der Waals surface area contributed by atoms with Crippen LogP contribution >= 0.6 is 11.8 Å². The number of hydrogen-bond acceptors (Lipinski definition) is 6. The molecule has 0 radical (unpaired) electrons. The van der Waals surface area contributed by atoms with E-state index in [-0.39, 0.29) is 5.82 Å². The minimum Gasteiger partial charge on any atom is -0.493 e. The summed E-state index contributed by atoms with van der Waals surface area (Å²) < 4.78 is 29.0. The van der Waals surface area contributed by atoms with Crippen molar-refractivity contribution in [3.05, 3.63) is 48.2 Å². The second-order valence-corrected chi connectivity index (χ2v) is 5.46. The number of aryl methyl sites for hydroxylation is 1. The summed E-state index contributed by atoms with van der Waals surface area (Å²) in [6.45, 7) is 2.29. The van der Waals surface area contributed by atoms with Gasteiger partial charge in [0.15, 0.2) is 0 Å². The van der Waals surface area contributed by atoms with Gasteiger partial charge >= 0.3 is 0 Å². The van der Waals surface area contributed by atoms with Crippen LogP contribution in [0.5, 0.6) is 5.75 Å². The first-order valence-electron chi connectivity index (χ1n) is 6.61. The third kappa shape index (κ3) is 3.48. The smallest absolute Gasteiger partial charge is 0.276 e. The van der Waals surface area contributed by atoms with Crippen molar-refractivity contribution in [3.63, 3.8) is 0 Å². The van der Waals surface area contributed by atoms with Gasteiger partial charge in [-0.25, -0.2) is 4.39 Å². The van der Waals surface area contributed by atoms with Gasteiger partial charge in [-0.2, -0.15) is 0 Å². The van der Waals surface area contributed by atoms with E-state index in [0.717, 1.165) is 11.3 Å². The zero-order valence-corrected chi connectivity index (χ0v) is 12.6. The van der Waals surface area contributed by atoms with E-state index in [4.69, 9.17) is 13.6 Å². The van der Waals surface area contributed by atoms with Gasteiger partial charge in [-0.05, 0) is 37.3 Å². The summed E-state index contributed by atoms with van der Waals surface area (Å²) in [5.41, 5.74) is 0.793. The lowest BCUT2D eigenvalue weighted by molar-refractivity contribution is 0.342. The van der Waals surface area contributed by atoms with Crippen LogP contribution in [-0.4, -0.2) is 22.6 Å². The zero-order valence-electron chi connectivity index (χ0n) is 11.8. The van der Waals surface area contributed by atoms with E-state index in [2.05, 4.69) is 10.2 Å². The van der Waals surface area contributed by atoms with E-state index in [0.29, 0.717) is 29.2 Å². The van der Waals surface area contributed by atoms with Crippen LogP contribution in [-0.2, 0) is 0 Å². The molecule has 3 aromatic rings. The van der Waals surface area contributed by atoms with E-state index >= 15 is 0 Å². The van der Waals surface area contributed by atoms with Crippen molar-refractivity contribution in [2.75, 3.05) is 12.4 Å². The second kappa shape index (κ2) is 6.65. The van der Waals surface area contributed by atoms with Crippen LogP contribution in [0.25, 0.3) is 11.5 Å². The van der Waals surface area contributed by atoms with Gasteiger partial charge in [0.05, 0.1) is 18.4 Å². The van der Waals surface area contributed by atoms with Gasteiger partial charge in [0.25, 0.3) is 11.1 Å². The van der Waals surface area contributed by atoms with E-state index in [1.807, 2.05) is 6.92 Å². The Balaban J connectivity index is 1.49. The first kappa shape index (κ1) is 14.6. The summed E-state index contributed by atoms with van der Waals surface area (Å²) in [6, 6.07) is 7.69. The highest BCUT2D eigenvalue weighted by Crippen LogP contribution is 2.26. The van der Waals surface area contributed by atoms with Crippen LogP contribution < -0.4 is 4.74 Å². The van der Waals surface area contributed by atoms with Crippen LogP contribution in [0, 0.1) is 12.7 Å².